The van der Waals surface area contributed by atoms with Crippen LogP contribution in [-0.4, -0.2) is 81.6 Å². The maximum Gasteiger partial charge on any atom is 0.335 e. The van der Waals surface area contributed by atoms with Crippen molar-refractivity contribution in [3.05, 3.63) is 0 Å². The second-order valence-corrected chi connectivity index (χ2v) is 8.11. The van der Waals surface area contributed by atoms with E-state index in [-0.39, 0.29) is 6.29 Å². The minimum atomic E-state index is -1.69. The standard InChI is InChI=1S/C18H28O10/c1-8(6-19)10(16(23)24)5-9(7-20)27-13-11(21)12(22)15(18(2,3)4)28-14(13)17(25)26/h6-15,21-22H,5H2,1-4H3,(H,23,24)(H,25,26)/t8?,9?,10?,11?,12-,13+,14?,15+/m1/s1. The summed E-state index contributed by atoms with van der Waals surface area (Å²) in [5, 5.41) is 39.5. The molecule has 0 aromatic rings. The van der Waals surface area contributed by atoms with Crippen LogP contribution in [-0.2, 0) is 28.7 Å². The quantitative estimate of drug-likeness (QED) is 0.367. The van der Waals surface area contributed by atoms with Gasteiger partial charge in [0.1, 0.15) is 37.0 Å². The second-order valence-electron chi connectivity index (χ2n) is 8.11. The van der Waals surface area contributed by atoms with E-state index < -0.39 is 72.2 Å². The highest BCUT2D eigenvalue weighted by Crippen LogP contribution is 2.35. The van der Waals surface area contributed by atoms with E-state index in [1.807, 2.05) is 0 Å². The molecule has 160 valence electrons. The first kappa shape index (κ1) is 24.2. The Labute approximate surface area is 162 Å². The number of hydrogen-bond acceptors (Lipinski definition) is 8. The van der Waals surface area contributed by atoms with Crippen molar-refractivity contribution in [1.82, 2.24) is 0 Å². The minimum absolute atomic E-state index is 0.265. The molecule has 1 aliphatic heterocycles. The molecule has 0 aromatic carbocycles. The Morgan fingerprint density at radius 1 is 1.11 bits per heavy atom. The first-order valence-corrected chi connectivity index (χ1v) is 8.88. The van der Waals surface area contributed by atoms with Crippen molar-refractivity contribution in [2.24, 2.45) is 17.3 Å². The van der Waals surface area contributed by atoms with Crippen LogP contribution < -0.4 is 0 Å². The van der Waals surface area contributed by atoms with E-state index in [2.05, 4.69) is 0 Å². The molecule has 0 amide bonds. The van der Waals surface area contributed by atoms with Crippen LogP contribution in [0.5, 0.6) is 0 Å². The summed E-state index contributed by atoms with van der Waals surface area (Å²) < 4.78 is 10.8. The van der Waals surface area contributed by atoms with Crippen LogP contribution >= 0.6 is 0 Å². The predicted molar refractivity (Wildman–Crippen MR) is 93.5 cm³/mol. The number of carbonyl (C=O) groups excluding carboxylic acids is 2. The number of carbonyl (C=O) groups is 4. The Balaban J connectivity index is 3.07. The average Bonchev–Trinajstić information content (AvgIpc) is 2.59. The molecule has 0 saturated carbocycles. The van der Waals surface area contributed by atoms with Gasteiger partial charge >= 0.3 is 11.9 Å². The van der Waals surface area contributed by atoms with E-state index in [9.17, 15) is 39.6 Å². The number of aliphatic carboxylic acids is 2. The zero-order valence-corrected chi connectivity index (χ0v) is 16.2. The van der Waals surface area contributed by atoms with Gasteiger partial charge in [-0.05, 0) is 11.8 Å². The fourth-order valence-corrected chi connectivity index (χ4v) is 3.17. The van der Waals surface area contributed by atoms with Gasteiger partial charge in [-0.1, -0.05) is 27.7 Å². The molecule has 0 aliphatic carbocycles. The topological polar surface area (TPSA) is 168 Å². The Bertz CT molecular complexity index is 583. The summed E-state index contributed by atoms with van der Waals surface area (Å²) in [5.41, 5.74) is -0.697. The van der Waals surface area contributed by atoms with Gasteiger partial charge in [-0.2, -0.15) is 0 Å². The number of hydrogen-bond donors (Lipinski definition) is 4. The van der Waals surface area contributed by atoms with Crippen molar-refractivity contribution in [2.45, 2.75) is 70.7 Å². The lowest BCUT2D eigenvalue weighted by molar-refractivity contribution is -0.261. The molecule has 10 nitrogen and oxygen atoms in total. The number of aldehydes is 2. The molecule has 0 spiro atoms. The van der Waals surface area contributed by atoms with Crippen molar-refractivity contribution in [2.75, 3.05) is 0 Å². The lowest BCUT2D eigenvalue weighted by atomic mass is 9.80. The summed E-state index contributed by atoms with van der Waals surface area (Å²) in [6.45, 7) is 6.45. The van der Waals surface area contributed by atoms with Gasteiger partial charge < -0.3 is 39.5 Å². The monoisotopic (exact) mass is 404 g/mol. The molecule has 4 N–H and O–H groups in total. The van der Waals surface area contributed by atoms with Gasteiger partial charge in [0, 0.05) is 5.92 Å². The van der Waals surface area contributed by atoms with Crippen LogP contribution in [0.3, 0.4) is 0 Å². The predicted octanol–water partition coefficient (Wildman–Crippen LogP) is -0.515. The first-order valence-electron chi connectivity index (χ1n) is 8.88. The Hall–Kier alpha value is -1.88. The Morgan fingerprint density at radius 3 is 2.07 bits per heavy atom. The van der Waals surface area contributed by atoms with Gasteiger partial charge in [0.2, 0.25) is 0 Å². The average molecular weight is 404 g/mol. The molecule has 1 saturated heterocycles. The first-order chi connectivity index (χ1) is 12.8. The molecule has 1 rings (SSSR count). The smallest absolute Gasteiger partial charge is 0.335 e. The fraction of sp³-hybridized carbons (Fsp3) is 0.778. The van der Waals surface area contributed by atoms with E-state index in [0.717, 1.165) is 0 Å². The molecule has 0 aromatic heterocycles. The largest absolute Gasteiger partial charge is 0.481 e. The van der Waals surface area contributed by atoms with E-state index in [1.165, 1.54) is 6.92 Å². The zero-order valence-electron chi connectivity index (χ0n) is 16.2. The van der Waals surface area contributed by atoms with Crippen molar-refractivity contribution in [3.63, 3.8) is 0 Å². The van der Waals surface area contributed by atoms with Gasteiger partial charge in [0.25, 0.3) is 0 Å². The molecule has 0 bridgehead atoms. The van der Waals surface area contributed by atoms with Gasteiger partial charge in [-0.3, -0.25) is 4.79 Å². The van der Waals surface area contributed by atoms with Crippen LogP contribution in [0.4, 0.5) is 0 Å². The number of rotatable bonds is 9. The third-order valence-electron chi connectivity index (χ3n) is 4.82. The molecule has 10 heteroatoms. The van der Waals surface area contributed by atoms with E-state index in [4.69, 9.17) is 9.47 Å². The molecule has 1 fully saturated rings. The number of aliphatic hydroxyl groups excluding tert-OH is 2. The van der Waals surface area contributed by atoms with Crippen molar-refractivity contribution in [3.8, 4) is 0 Å². The van der Waals surface area contributed by atoms with Gasteiger partial charge in [0.05, 0.1) is 12.0 Å². The van der Waals surface area contributed by atoms with E-state index in [0.29, 0.717) is 6.29 Å². The van der Waals surface area contributed by atoms with Crippen molar-refractivity contribution >= 4 is 24.5 Å². The lowest BCUT2D eigenvalue weighted by Gasteiger charge is -2.46. The molecule has 8 atom stereocenters. The van der Waals surface area contributed by atoms with Gasteiger partial charge in [-0.25, -0.2) is 4.79 Å². The highest BCUT2D eigenvalue weighted by Gasteiger charge is 2.52. The Kier molecular flexibility index (Phi) is 8.24. The SMILES string of the molecule is CC(C=O)C(CC(C=O)O[C@@H]1C(C(=O)O)O[C@H](C(C)(C)C)[C@H](O)C1O)C(=O)O. The molecule has 1 aliphatic rings. The maximum absolute atomic E-state index is 11.6. The zero-order chi connectivity index (χ0) is 21.8. The summed E-state index contributed by atoms with van der Waals surface area (Å²) >= 11 is 0. The fourth-order valence-electron chi connectivity index (χ4n) is 3.17. The highest BCUT2D eigenvalue weighted by atomic mass is 16.6. The van der Waals surface area contributed by atoms with E-state index >= 15 is 0 Å². The number of aliphatic hydroxyl groups is 2. The number of carboxylic acids is 2. The summed E-state index contributed by atoms with van der Waals surface area (Å²) in [6, 6.07) is 0. The van der Waals surface area contributed by atoms with E-state index in [1.54, 1.807) is 20.8 Å². The summed E-state index contributed by atoms with van der Waals surface area (Å²) in [6.07, 6.45) is -8.62. The van der Waals surface area contributed by atoms with Gasteiger partial charge in [0.15, 0.2) is 6.10 Å². The molecule has 28 heavy (non-hydrogen) atoms. The molecule has 5 unspecified atom stereocenters. The lowest BCUT2D eigenvalue weighted by Crippen LogP contribution is -2.64. The molecule has 0 radical (unpaired) electrons. The Morgan fingerprint density at radius 2 is 1.68 bits per heavy atom. The highest BCUT2D eigenvalue weighted by molar-refractivity contribution is 5.75. The van der Waals surface area contributed by atoms with Crippen LogP contribution in [0.1, 0.15) is 34.1 Å². The summed E-state index contributed by atoms with van der Waals surface area (Å²) in [5.74, 6) is -4.95. The normalized spacial score (nSPS) is 31.4. The number of carboxylic acid groups (broad SMARTS) is 2. The van der Waals surface area contributed by atoms with Crippen molar-refractivity contribution in [1.29, 1.82) is 0 Å². The van der Waals surface area contributed by atoms with Gasteiger partial charge in [-0.15, -0.1) is 0 Å². The minimum Gasteiger partial charge on any atom is -0.481 e. The summed E-state index contributed by atoms with van der Waals surface area (Å²) in [4.78, 5) is 45.3. The van der Waals surface area contributed by atoms with Crippen LogP contribution in [0.2, 0.25) is 0 Å². The third kappa shape index (κ3) is 5.57. The van der Waals surface area contributed by atoms with Crippen LogP contribution in [0.15, 0.2) is 0 Å². The maximum atomic E-state index is 11.6. The second kappa shape index (κ2) is 9.55. The summed E-state index contributed by atoms with van der Waals surface area (Å²) in [7, 11) is 0. The molecular formula is C18H28O10. The van der Waals surface area contributed by atoms with Crippen LogP contribution in [0.25, 0.3) is 0 Å². The number of ether oxygens (including phenoxy) is 2. The van der Waals surface area contributed by atoms with Crippen LogP contribution in [0, 0.1) is 17.3 Å². The molecular weight excluding hydrogens is 376 g/mol. The molecule has 1 heterocycles. The third-order valence-corrected chi connectivity index (χ3v) is 4.82. The van der Waals surface area contributed by atoms with Crippen molar-refractivity contribution < 1.29 is 49.1 Å².